The lowest BCUT2D eigenvalue weighted by molar-refractivity contribution is -0.315. The number of nitrogens with zero attached hydrogens (tertiary/aromatic N) is 1. The summed E-state index contributed by atoms with van der Waals surface area (Å²) in [5.41, 5.74) is -4.12. The smallest absolute Gasteiger partial charge is 0.459 e. The normalized spacial score (nSPS) is 44.8. The minimum Gasteiger partial charge on any atom is -0.459 e. The van der Waals surface area contributed by atoms with Crippen LogP contribution in [-0.2, 0) is 54.0 Å². The highest BCUT2D eigenvalue weighted by Crippen LogP contribution is 2.51. The van der Waals surface area contributed by atoms with Gasteiger partial charge in [0.25, 0.3) is 0 Å². The Hall–Kier alpha value is -2.48. The maximum absolute atomic E-state index is 14.5. The molecule has 1 aromatic carbocycles. The summed E-state index contributed by atoms with van der Waals surface area (Å²) in [6.45, 7) is 18.7. The molecule has 62 heavy (non-hydrogen) atoms. The fourth-order valence-corrected chi connectivity index (χ4v) is 10.0. The van der Waals surface area contributed by atoms with Crippen molar-refractivity contribution < 1.29 is 67.5 Å². The van der Waals surface area contributed by atoms with E-state index < -0.39 is 102 Å². The first kappa shape index (κ1) is 50.5. The van der Waals surface area contributed by atoms with E-state index in [4.69, 9.17) is 42.6 Å². The number of rotatable bonds is 10. The summed E-state index contributed by atoms with van der Waals surface area (Å²) in [5.74, 6) is -2.73. The van der Waals surface area contributed by atoms with Crippen molar-refractivity contribution in [3.63, 3.8) is 0 Å². The van der Waals surface area contributed by atoms with E-state index in [-0.39, 0.29) is 43.9 Å². The Bertz CT molecular complexity index is 1610. The Morgan fingerprint density at radius 3 is 2.23 bits per heavy atom. The van der Waals surface area contributed by atoms with Crippen molar-refractivity contribution in [1.29, 1.82) is 0 Å². The van der Waals surface area contributed by atoms with Gasteiger partial charge in [0, 0.05) is 25.5 Å². The molecule has 18 atom stereocenters. The summed E-state index contributed by atoms with van der Waals surface area (Å²) in [7, 11) is 5.39. The number of hydrogen-bond donors (Lipinski definition) is 4. The molecule has 16 heteroatoms. The van der Waals surface area contributed by atoms with E-state index in [1.165, 1.54) is 6.92 Å². The van der Waals surface area contributed by atoms with Crippen molar-refractivity contribution in [2.24, 2.45) is 17.8 Å². The van der Waals surface area contributed by atoms with Crippen molar-refractivity contribution in [2.75, 3.05) is 34.4 Å². The van der Waals surface area contributed by atoms with Crippen molar-refractivity contribution in [3.8, 4) is 0 Å². The molecule has 1 unspecified atom stereocenters. The summed E-state index contributed by atoms with van der Waals surface area (Å²) in [4.78, 5) is 29.8. The Balaban J connectivity index is 1.56. The number of aliphatic hydroxyl groups is 3. The number of carbonyl (C=O) groups excluding carboxylic acids is 2. The van der Waals surface area contributed by atoms with Crippen molar-refractivity contribution in [1.82, 2.24) is 10.2 Å². The molecule has 0 amide bonds. The van der Waals surface area contributed by atoms with E-state index in [0.717, 1.165) is 5.56 Å². The molecular weight excluding hydrogens is 805 g/mol. The van der Waals surface area contributed by atoms with Gasteiger partial charge in [0.1, 0.15) is 35.6 Å². The number of cyclic esters (lactones) is 1. The summed E-state index contributed by atoms with van der Waals surface area (Å²) >= 11 is 0. The molecule has 0 aliphatic carbocycles. The minimum atomic E-state index is -1.82. The minimum absolute atomic E-state index is 0.00368. The van der Waals surface area contributed by atoms with E-state index in [1.54, 1.807) is 34.8 Å². The van der Waals surface area contributed by atoms with Crippen LogP contribution in [0.1, 0.15) is 100 Å². The zero-order valence-electron chi connectivity index (χ0n) is 39.2. The van der Waals surface area contributed by atoms with E-state index in [0.29, 0.717) is 19.6 Å². The zero-order chi connectivity index (χ0) is 45.9. The number of methoxy groups -OCH3 is 1. The fraction of sp³-hybridized carbons (Fsp3) is 0.826. The van der Waals surface area contributed by atoms with Gasteiger partial charge in [-0.1, -0.05) is 51.1 Å². The van der Waals surface area contributed by atoms with Crippen molar-refractivity contribution in [3.05, 3.63) is 35.9 Å². The lowest BCUT2D eigenvalue weighted by atomic mass is 9.77. The first-order valence-corrected chi connectivity index (χ1v) is 22.4. The maximum atomic E-state index is 14.5. The Morgan fingerprint density at radius 1 is 0.968 bits per heavy atom. The molecule has 0 bridgehead atoms. The third-order valence-electron chi connectivity index (χ3n) is 14.0. The van der Waals surface area contributed by atoms with Gasteiger partial charge >= 0.3 is 12.1 Å². The van der Waals surface area contributed by atoms with Gasteiger partial charge in [-0.3, -0.25) is 4.79 Å². The average molecular weight is 881 g/mol. The number of epoxide rings is 1. The number of aliphatic hydroxyl groups excluding tert-OH is 1. The van der Waals surface area contributed by atoms with Gasteiger partial charge in [0.2, 0.25) is 0 Å². The number of esters is 1. The van der Waals surface area contributed by atoms with Crippen LogP contribution in [0.2, 0.25) is 0 Å². The third kappa shape index (κ3) is 11.1. The third-order valence-corrected chi connectivity index (χ3v) is 14.0. The highest BCUT2D eigenvalue weighted by molar-refractivity contribution is 5.73. The van der Waals surface area contributed by atoms with Crippen LogP contribution in [0.3, 0.4) is 0 Å². The number of nitrogens with one attached hydrogen (secondary N) is 1. The van der Waals surface area contributed by atoms with Gasteiger partial charge < -0.3 is 68.2 Å². The predicted molar refractivity (Wildman–Crippen MR) is 228 cm³/mol. The molecule has 0 aromatic heterocycles. The molecule has 4 heterocycles. The van der Waals surface area contributed by atoms with Crippen LogP contribution in [0.4, 0.5) is 4.79 Å². The van der Waals surface area contributed by atoms with Crippen LogP contribution in [-0.4, -0.2) is 156 Å². The summed E-state index contributed by atoms with van der Waals surface area (Å²) in [6.07, 6.45) is -8.18. The molecule has 5 rings (SSSR count). The molecule has 1 spiro atoms. The standard InChI is InChI=1S/C46H76N2O14/c1-14-34-45(10,53)38(49)30(6)47-23-26(2)21-43(8,52)39(28(4)36(29(5)40(50)59-34)60-35-22-44(9,54-13)46(25-56-46)31(7)58-35)62-41-37(33(48(11)12)20-27(3)57-41)61-42(51)55-24-32-18-16-15-17-19-32/h15-19,26-31,33-39,41,47,49,52-53H,14,20-25H2,1-13H3/t26-,27-,28+,29-,30-,31+,33+,34?,35+,36+,37-,38-,39-,41+,43-,44-,45-,46-/m1/s1. The molecule has 4 aliphatic rings. The van der Waals surface area contributed by atoms with Crippen LogP contribution in [0, 0.1) is 17.8 Å². The van der Waals surface area contributed by atoms with Gasteiger partial charge in [-0.05, 0) is 99.9 Å². The van der Waals surface area contributed by atoms with Crippen molar-refractivity contribution >= 4 is 12.1 Å². The predicted octanol–water partition coefficient (Wildman–Crippen LogP) is 4.33. The molecule has 4 fully saturated rings. The molecule has 4 N–H and O–H groups in total. The molecule has 4 aliphatic heterocycles. The maximum Gasteiger partial charge on any atom is 0.509 e. The molecule has 1 aromatic rings. The Labute approximate surface area is 368 Å². The topological polar surface area (TPSA) is 196 Å². The Kier molecular flexibility index (Phi) is 16.6. The first-order chi connectivity index (χ1) is 29.0. The second-order valence-corrected chi connectivity index (χ2v) is 19.4. The number of likely N-dealkylation sites (N-methyl/N-ethyl adjacent to an activating group) is 1. The number of hydrogen-bond acceptors (Lipinski definition) is 16. The lowest BCUT2D eigenvalue weighted by Crippen LogP contribution is -2.62. The van der Waals surface area contributed by atoms with Gasteiger partial charge in [0.15, 0.2) is 18.7 Å². The fourth-order valence-electron chi connectivity index (χ4n) is 10.0. The highest BCUT2D eigenvalue weighted by atomic mass is 16.8. The molecule has 16 nitrogen and oxygen atoms in total. The SMILES string of the molecule is CCC1OC(=O)[C@H](C)[C@@H](O[C@H]2C[C@@](C)(OC)[C@@]3(CO3)[C@H](C)O2)[C@H](C)[C@@H](O[C@@H]2O[C@H](C)C[C@H](N(C)C)[C@H]2OC(=O)OCc2ccccc2)[C@](C)(O)C[C@@H](C)CN[C@H](C)[C@@H](O)[C@]1(C)O. The van der Waals surface area contributed by atoms with Crippen LogP contribution >= 0.6 is 0 Å². The van der Waals surface area contributed by atoms with Gasteiger partial charge in [-0.25, -0.2) is 4.79 Å². The van der Waals surface area contributed by atoms with Crippen LogP contribution in [0.5, 0.6) is 0 Å². The molecule has 354 valence electrons. The quantitative estimate of drug-likeness (QED) is 0.191. The second-order valence-electron chi connectivity index (χ2n) is 19.4. The summed E-state index contributed by atoms with van der Waals surface area (Å²) in [5, 5.41) is 39.3. The van der Waals surface area contributed by atoms with Gasteiger partial charge in [-0.2, -0.15) is 0 Å². The van der Waals surface area contributed by atoms with E-state index >= 15 is 0 Å². The molecule has 0 radical (unpaired) electrons. The number of ether oxygens (including phenoxy) is 9. The summed E-state index contributed by atoms with van der Waals surface area (Å²) in [6, 6.07) is 8.29. The van der Waals surface area contributed by atoms with Crippen molar-refractivity contribution in [2.45, 2.75) is 191 Å². The molecular formula is C46H76N2O14. The van der Waals surface area contributed by atoms with E-state index in [1.807, 2.05) is 83.9 Å². The Morgan fingerprint density at radius 2 is 1.63 bits per heavy atom. The largest absolute Gasteiger partial charge is 0.509 e. The second kappa shape index (κ2) is 20.4. The average Bonchev–Trinajstić information content (AvgIpc) is 4.04. The van der Waals surface area contributed by atoms with Crippen LogP contribution in [0.25, 0.3) is 0 Å². The van der Waals surface area contributed by atoms with Gasteiger partial charge in [0.05, 0.1) is 48.6 Å². The zero-order valence-corrected chi connectivity index (χ0v) is 39.2. The summed E-state index contributed by atoms with van der Waals surface area (Å²) < 4.78 is 56.6. The van der Waals surface area contributed by atoms with E-state index in [2.05, 4.69) is 5.32 Å². The number of carbonyl (C=O) groups is 2. The lowest BCUT2D eigenvalue weighted by Gasteiger charge is -2.49. The van der Waals surface area contributed by atoms with Crippen LogP contribution < -0.4 is 5.32 Å². The highest BCUT2D eigenvalue weighted by Gasteiger charge is 2.67. The monoisotopic (exact) mass is 881 g/mol. The van der Waals surface area contributed by atoms with Crippen LogP contribution in [0.15, 0.2) is 30.3 Å². The first-order valence-electron chi connectivity index (χ1n) is 22.4. The van der Waals surface area contributed by atoms with Gasteiger partial charge in [-0.15, -0.1) is 0 Å². The number of benzene rings is 1. The van der Waals surface area contributed by atoms with E-state index in [9.17, 15) is 24.9 Å². The molecule has 0 saturated carbocycles. The molecule has 4 saturated heterocycles.